The standard InChI is InChI=1S/C19H24ClN3O3S/c1-13-5-4-8-23(11-13)27(25,26)16-10-18(22(3)12-16)19(24)21-17-7-6-15(20)9-14(17)2/h6-7,9-10,12-13H,4-5,8,11H2,1-3H3,(H,21,24). The van der Waals surface area contributed by atoms with Gasteiger partial charge in [0.25, 0.3) is 5.91 Å². The molecule has 146 valence electrons. The zero-order valence-electron chi connectivity index (χ0n) is 15.7. The van der Waals surface area contributed by atoms with Crippen LogP contribution in [0, 0.1) is 12.8 Å². The van der Waals surface area contributed by atoms with Crippen LogP contribution in [0.2, 0.25) is 5.02 Å². The number of carbonyl (C=O) groups excluding carboxylic acids is 1. The number of anilines is 1. The Kier molecular flexibility index (Phi) is 5.65. The first-order valence-electron chi connectivity index (χ1n) is 8.92. The zero-order chi connectivity index (χ0) is 19.8. The maximum atomic E-state index is 12.9. The van der Waals surface area contributed by atoms with E-state index in [2.05, 4.69) is 12.2 Å². The predicted molar refractivity (Wildman–Crippen MR) is 107 cm³/mol. The average Bonchev–Trinajstić information content (AvgIpc) is 3.00. The number of nitrogens with zero attached hydrogens (tertiary/aromatic N) is 2. The van der Waals surface area contributed by atoms with E-state index >= 15 is 0 Å². The minimum atomic E-state index is -3.60. The van der Waals surface area contributed by atoms with E-state index in [0.717, 1.165) is 18.4 Å². The second-order valence-electron chi connectivity index (χ2n) is 7.20. The van der Waals surface area contributed by atoms with Crippen LogP contribution in [-0.2, 0) is 17.1 Å². The topological polar surface area (TPSA) is 71.4 Å². The molecule has 1 aromatic heterocycles. The van der Waals surface area contributed by atoms with Crippen molar-refractivity contribution in [2.45, 2.75) is 31.6 Å². The molecular weight excluding hydrogens is 386 g/mol. The maximum Gasteiger partial charge on any atom is 0.272 e. The lowest BCUT2D eigenvalue weighted by Gasteiger charge is -2.29. The van der Waals surface area contributed by atoms with Crippen molar-refractivity contribution in [2.75, 3.05) is 18.4 Å². The Hall–Kier alpha value is -1.83. The molecule has 1 unspecified atom stereocenters. The van der Waals surface area contributed by atoms with E-state index in [9.17, 15) is 13.2 Å². The number of hydrogen-bond acceptors (Lipinski definition) is 3. The Morgan fingerprint density at radius 3 is 2.70 bits per heavy atom. The largest absolute Gasteiger partial charge is 0.345 e. The lowest BCUT2D eigenvalue weighted by Crippen LogP contribution is -2.38. The van der Waals surface area contributed by atoms with Gasteiger partial charge in [-0.15, -0.1) is 0 Å². The fourth-order valence-electron chi connectivity index (χ4n) is 3.37. The molecular formula is C19H24ClN3O3S. The van der Waals surface area contributed by atoms with Gasteiger partial charge in [-0.05, 0) is 55.5 Å². The molecule has 8 heteroatoms. The van der Waals surface area contributed by atoms with Gasteiger partial charge in [0.2, 0.25) is 10.0 Å². The summed E-state index contributed by atoms with van der Waals surface area (Å²) >= 11 is 5.95. The second kappa shape index (κ2) is 7.66. The van der Waals surface area contributed by atoms with Crippen LogP contribution in [0.3, 0.4) is 0 Å². The van der Waals surface area contributed by atoms with Crippen LogP contribution < -0.4 is 5.32 Å². The first-order chi connectivity index (χ1) is 12.7. The van der Waals surface area contributed by atoms with Gasteiger partial charge in [0, 0.05) is 37.0 Å². The first kappa shape index (κ1) is 19.9. The van der Waals surface area contributed by atoms with Gasteiger partial charge >= 0.3 is 0 Å². The maximum absolute atomic E-state index is 12.9. The second-order valence-corrected chi connectivity index (χ2v) is 9.57. The monoisotopic (exact) mass is 409 g/mol. The predicted octanol–water partition coefficient (Wildman–Crippen LogP) is 3.66. The summed E-state index contributed by atoms with van der Waals surface area (Å²) in [7, 11) is -1.93. The quantitative estimate of drug-likeness (QED) is 0.837. The van der Waals surface area contributed by atoms with Gasteiger partial charge in [0.05, 0.1) is 0 Å². The molecule has 1 aliphatic heterocycles. The molecule has 6 nitrogen and oxygen atoms in total. The highest BCUT2D eigenvalue weighted by Crippen LogP contribution is 2.25. The van der Waals surface area contributed by atoms with Crippen LogP contribution >= 0.6 is 11.6 Å². The summed E-state index contributed by atoms with van der Waals surface area (Å²) in [5.41, 5.74) is 1.76. The highest BCUT2D eigenvalue weighted by molar-refractivity contribution is 7.89. The summed E-state index contributed by atoms with van der Waals surface area (Å²) in [4.78, 5) is 12.8. The zero-order valence-corrected chi connectivity index (χ0v) is 17.3. The number of benzene rings is 1. The van der Waals surface area contributed by atoms with Crippen LogP contribution in [0.1, 0.15) is 35.8 Å². The molecule has 1 aliphatic rings. The highest BCUT2D eigenvalue weighted by atomic mass is 35.5. The minimum Gasteiger partial charge on any atom is -0.345 e. The van der Waals surface area contributed by atoms with Crippen molar-refractivity contribution in [3.63, 3.8) is 0 Å². The molecule has 1 atom stereocenters. The molecule has 3 rings (SSSR count). The highest BCUT2D eigenvalue weighted by Gasteiger charge is 2.30. The van der Waals surface area contributed by atoms with Crippen molar-refractivity contribution >= 4 is 33.2 Å². The van der Waals surface area contributed by atoms with Crippen molar-refractivity contribution in [1.82, 2.24) is 8.87 Å². The molecule has 1 saturated heterocycles. The Morgan fingerprint density at radius 1 is 1.30 bits per heavy atom. The summed E-state index contributed by atoms with van der Waals surface area (Å²) in [5, 5.41) is 3.41. The summed E-state index contributed by atoms with van der Waals surface area (Å²) in [6.07, 6.45) is 3.39. The third kappa shape index (κ3) is 4.20. The number of sulfonamides is 1. The van der Waals surface area contributed by atoms with Crippen molar-refractivity contribution < 1.29 is 13.2 Å². The van der Waals surface area contributed by atoms with Gasteiger partial charge in [-0.3, -0.25) is 4.79 Å². The normalized spacial score (nSPS) is 18.4. The van der Waals surface area contributed by atoms with Gasteiger partial charge in [-0.2, -0.15) is 4.31 Å². The van der Waals surface area contributed by atoms with E-state index < -0.39 is 10.0 Å². The molecule has 1 fully saturated rings. The fraction of sp³-hybridized carbons (Fsp3) is 0.421. The fourth-order valence-corrected chi connectivity index (χ4v) is 5.27. The molecule has 0 spiro atoms. The van der Waals surface area contributed by atoms with Crippen LogP contribution in [-0.4, -0.2) is 36.3 Å². The van der Waals surface area contributed by atoms with E-state index in [1.54, 1.807) is 29.8 Å². The third-order valence-electron chi connectivity index (χ3n) is 4.91. The van der Waals surface area contributed by atoms with E-state index in [1.807, 2.05) is 6.92 Å². The van der Waals surface area contributed by atoms with Crippen molar-refractivity contribution in [2.24, 2.45) is 13.0 Å². The number of halogens is 1. The lowest BCUT2D eigenvalue weighted by molar-refractivity contribution is 0.101. The van der Waals surface area contributed by atoms with Gasteiger partial charge < -0.3 is 9.88 Å². The number of rotatable bonds is 4. The van der Waals surface area contributed by atoms with Crippen molar-refractivity contribution in [3.8, 4) is 0 Å². The first-order valence-corrected chi connectivity index (χ1v) is 10.7. The number of aryl methyl sites for hydroxylation is 2. The number of aromatic nitrogens is 1. The van der Waals surface area contributed by atoms with Crippen molar-refractivity contribution in [3.05, 3.63) is 46.7 Å². The van der Waals surface area contributed by atoms with Gasteiger partial charge in [0.1, 0.15) is 10.6 Å². The summed E-state index contributed by atoms with van der Waals surface area (Å²) < 4.78 is 28.9. The Labute approximate surface area is 165 Å². The average molecular weight is 410 g/mol. The number of hydrogen-bond donors (Lipinski definition) is 1. The van der Waals surface area contributed by atoms with E-state index in [4.69, 9.17) is 11.6 Å². The molecule has 27 heavy (non-hydrogen) atoms. The number of carbonyl (C=O) groups is 1. The van der Waals surface area contributed by atoms with Crippen LogP contribution in [0.5, 0.6) is 0 Å². The molecule has 1 amide bonds. The summed E-state index contributed by atoms with van der Waals surface area (Å²) in [5.74, 6) is -0.0238. The van der Waals surface area contributed by atoms with E-state index in [-0.39, 0.29) is 16.5 Å². The van der Waals surface area contributed by atoms with Gasteiger partial charge in [0.15, 0.2) is 0 Å². The van der Waals surface area contributed by atoms with Gasteiger partial charge in [-0.1, -0.05) is 18.5 Å². The molecule has 2 aromatic rings. The lowest BCUT2D eigenvalue weighted by atomic mass is 10.0. The van der Waals surface area contributed by atoms with Crippen LogP contribution in [0.15, 0.2) is 35.4 Å². The summed E-state index contributed by atoms with van der Waals surface area (Å²) in [6, 6.07) is 6.62. The van der Waals surface area contributed by atoms with E-state index in [1.165, 1.54) is 16.6 Å². The molecule has 1 N–H and O–H groups in total. The molecule has 1 aromatic carbocycles. The molecule has 0 aliphatic carbocycles. The SMILES string of the molecule is Cc1cc(Cl)ccc1NC(=O)c1cc(S(=O)(=O)N2CCCC(C)C2)cn1C. The van der Waals surface area contributed by atoms with Crippen LogP contribution in [0.25, 0.3) is 0 Å². The molecule has 0 bridgehead atoms. The summed E-state index contributed by atoms with van der Waals surface area (Å²) in [6.45, 7) is 4.94. The Morgan fingerprint density at radius 2 is 2.04 bits per heavy atom. The third-order valence-corrected chi connectivity index (χ3v) is 6.97. The van der Waals surface area contributed by atoms with Crippen LogP contribution in [0.4, 0.5) is 5.69 Å². The molecule has 2 heterocycles. The number of amides is 1. The van der Waals surface area contributed by atoms with Crippen molar-refractivity contribution in [1.29, 1.82) is 0 Å². The number of nitrogens with one attached hydrogen (secondary N) is 1. The smallest absolute Gasteiger partial charge is 0.272 e. The molecule has 0 saturated carbocycles. The Bertz CT molecular complexity index is 969. The minimum absolute atomic E-state index is 0.150. The van der Waals surface area contributed by atoms with E-state index in [0.29, 0.717) is 29.7 Å². The van der Waals surface area contributed by atoms with Gasteiger partial charge in [-0.25, -0.2) is 8.42 Å². The Balaban J connectivity index is 1.84. The number of piperidine rings is 1. The molecule has 0 radical (unpaired) electrons.